The van der Waals surface area contributed by atoms with Crippen LogP contribution in [0, 0.1) is 6.92 Å². The minimum Gasteiger partial charge on any atom is -0.378 e. The molecular weight excluding hydrogens is 407 g/mol. The van der Waals surface area contributed by atoms with Crippen LogP contribution in [0.1, 0.15) is 11.5 Å². The van der Waals surface area contributed by atoms with Crippen LogP contribution in [0.2, 0.25) is 0 Å². The van der Waals surface area contributed by atoms with Gasteiger partial charge in [0.1, 0.15) is 11.6 Å². The fraction of sp³-hybridized carbons (Fsp3) is 0.389. The van der Waals surface area contributed by atoms with E-state index in [4.69, 9.17) is 4.74 Å². The maximum Gasteiger partial charge on any atom is 0.446 e. The van der Waals surface area contributed by atoms with Crippen molar-refractivity contribution in [1.82, 2.24) is 15.3 Å². The number of rotatable bonds is 5. The molecule has 1 aliphatic heterocycles. The highest BCUT2D eigenvalue weighted by Gasteiger charge is 2.29. The molecule has 0 bridgehead atoms. The number of aromatic nitrogens is 2. The molecule has 2 N–H and O–H groups in total. The van der Waals surface area contributed by atoms with Gasteiger partial charge in [0.2, 0.25) is 0 Å². The summed E-state index contributed by atoms with van der Waals surface area (Å²) in [6, 6.07) is 6.80. The van der Waals surface area contributed by atoms with Gasteiger partial charge in [0.25, 0.3) is 0 Å². The summed E-state index contributed by atoms with van der Waals surface area (Å²) in [4.78, 5) is 23.1. The highest BCUT2D eigenvalue weighted by atomic mass is 32.2. The predicted octanol–water partition coefficient (Wildman–Crippen LogP) is 3.56. The number of morpholine rings is 1. The Labute approximate surface area is 170 Å². The second-order valence-corrected chi connectivity index (χ2v) is 7.40. The Morgan fingerprint density at radius 2 is 1.90 bits per heavy atom. The van der Waals surface area contributed by atoms with E-state index >= 15 is 0 Å². The van der Waals surface area contributed by atoms with Crippen LogP contribution in [0.3, 0.4) is 0 Å². The van der Waals surface area contributed by atoms with Crippen LogP contribution in [0.25, 0.3) is 0 Å². The number of alkyl halides is 3. The Morgan fingerprint density at radius 3 is 2.55 bits per heavy atom. The Bertz CT molecular complexity index is 842. The van der Waals surface area contributed by atoms with E-state index in [9.17, 15) is 18.0 Å². The summed E-state index contributed by atoms with van der Waals surface area (Å²) in [5, 5.41) is 5.23. The van der Waals surface area contributed by atoms with Crippen LogP contribution >= 0.6 is 11.8 Å². The van der Waals surface area contributed by atoms with Gasteiger partial charge < -0.3 is 20.3 Å². The van der Waals surface area contributed by atoms with Gasteiger partial charge in [0.15, 0.2) is 0 Å². The van der Waals surface area contributed by atoms with Crippen LogP contribution in [-0.4, -0.2) is 47.8 Å². The normalized spacial score (nSPS) is 14.6. The smallest absolute Gasteiger partial charge is 0.378 e. The third-order valence-corrected chi connectivity index (χ3v) is 4.71. The van der Waals surface area contributed by atoms with Gasteiger partial charge in [0.05, 0.1) is 19.8 Å². The Hall–Kier alpha value is -2.53. The van der Waals surface area contributed by atoms with E-state index in [1.165, 1.54) is 24.3 Å². The molecule has 0 radical (unpaired) electrons. The number of hydrogen-bond acceptors (Lipinski definition) is 6. The summed E-state index contributed by atoms with van der Waals surface area (Å²) in [6.07, 6.45) is 0. The largest absolute Gasteiger partial charge is 0.446 e. The van der Waals surface area contributed by atoms with Crippen molar-refractivity contribution in [3.8, 4) is 0 Å². The summed E-state index contributed by atoms with van der Waals surface area (Å²) in [6.45, 7) is 4.74. The van der Waals surface area contributed by atoms with Crippen LogP contribution in [-0.2, 0) is 11.3 Å². The molecule has 2 heterocycles. The fourth-order valence-electron chi connectivity index (χ4n) is 2.72. The second kappa shape index (κ2) is 9.31. The molecule has 3 rings (SSSR count). The predicted molar refractivity (Wildman–Crippen MR) is 104 cm³/mol. The van der Waals surface area contributed by atoms with Crippen molar-refractivity contribution in [3.05, 3.63) is 41.9 Å². The second-order valence-electron chi connectivity index (χ2n) is 6.26. The van der Waals surface area contributed by atoms with Crippen molar-refractivity contribution < 1.29 is 22.7 Å². The molecule has 29 heavy (non-hydrogen) atoms. The monoisotopic (exact) mass is 427 g/mol. The lowest BCUT2D eigenvalue weighted by Crippen LogP contribution is -2.37. The zero-order valence-electron chi connectivity index (χ0n) is 15.6. The van der Waals surface area contributed by atoms with Crippen LogP contribution < -0.4 is 15.5 Å². The van der Waals surface area contributed by atoms with Crippen LogP contribution in [0.4, 0.5) is 29.5 Å². The van der Waals surface area contributed by atoms with E-state index in [-0.39, 0.29) is 23.2 Å². The van der Waals surface area contributed by atoms with E-state index in [0.29, 0.717) is 24.7 Å². The number of anilines is 2. The number of halogens is 3. The van der Waals surface area contributed by atoms with Crippen molar-refractivity contribution in [1.29, 1.82) is 0 Å². The summed E-state index contributed by atoms with van der Waals surface area (Å²) in [5.74, 6) is 1.26. The van der Waals surface area contributed by atoms with Gasteiger partial charge in [-0.15, -0.1) is 0 Å². The number of amides is 2. The molecule has 0 saturated carbocycles. The maximum absolute atomic E-state index is 12.4. The molecule has 11 heteroatoms. The molecule has 1 fully saturated rings. The van der Waals surface area contributed by atoms with Crippen LogP contribution in [0.15, 0.2) is 35.2 Å². The summed E-state index contributed by atoms with van der Waals surface area (Å²) >= 11 is -0.206. The molecule has 2 amide bonds. The lowest BCUT2D eigenvalue weighted by Gasteiger charge is -2.28. The number of aryl methyl sites for hydroxylation is 1. The van der Waals surface area contributed by atoms with Crippen molar-refractivity contribution in [2.24, 2.45) is 0 Å². The molecular formula is C18H20F3N5O2S. The SMILES string of the molecule is Cc1cc(N2CCOCC2)nc(CNC(=O)Nc2ccc(SC(F)(F)F)cc2)n1. The minimum atomic E-state index is -4.35. The van der Waals surface area contributed by atoms with E-state index in [0.717, 1.165) is 24.6 Å². The Kier molecular flexibility index (Phi) is 6.80. The van der Waals surface area contributed by atoms with E-state index < -0.39 is 11.5 Å². The number of benzene rings is 1. The molecule has 156 valence electrons. The van der Waals surface area contributed by atoms with Gasteiger partial charge in [-0.05, 0) is 43.0 Å². The molecule has 0 unspecified atom stereocenters. The van der Waals surface area contributed by atoms with Gasteiger partial charge in [0, 0.05) is 35.4 Å². The standard InChI is InChI=1S/C18H20F3N5O2S/c1-12-10-16(26-6-8-28-9-7-26)25-15(23-12)11-22-17(27)24-13-2-4-14(5-3-13)29-18(19,20)21/h2-5,10H,6-9,11H2,1H3,(H2,22,24,27). The average Bonchev–Trinajstić information content (AvgIpc) is 2.67. The lowest BCUT2D eigenvalue weighted by atomic mass is 10.3. The third-order valence-electron chi connectivity index (χ3n) is 3.97. The Balaban J connectivity index is 1.54. The van der Waals surface area contributed by atoms with E-state index in [1.807, 2.05) is 13.0 Å². The maximum atomic E-state index is 12.4. The van der Waals surface area contributed by atoms with Gasteiger partial charge >= 0.3 is 11.5 Å². The molecule has 7 nitrogen and oxygen atoms in total. The molecule has 2 aromatic rings. The van der Waals surface area contributed by atoms with Gasteiger partial charge in [-0.25, -0.2) is 14.8 Å². The zero-order chi connectivity index (χ0) is 20.9. The van der Waals surface area contributed by atoms with Crippen molar-refractivity contribution in [2.45, 2.75) is 23.9 Å². The van der Waals surface area contributed by atoms with E-state index in [1.54, 1.807) is 0 Å². The highest BCUT2D eigenvalue weighted by Crippen LogP contribution is 2.37. The number of carbonyl (C=O) groups is 1. The first-order valence-electron chi connectivity index (χ1n) is 8.86. The summed E-state index contributed by atoms with van der Waals surface area (Å²) in [5.41, 5.74) is -3.18. The van der Waals surface area contributed by atoms with Gasteiger partial charge in [-0.2, -0.15) is 13.2 Å². The van der Waals surface area contributed by atoms with Crippen molar-refractivity contribution >= 4 is 29.3 Å². The number of nitrogens with one attached hydrogen (secondary N) is 2. The number of urea groups is 1. The molecule has 0 atom stereocenters. The number of hydrogen-bond donors (Lipinski definition) is 2. The summed E-state index contributed by atoms with van der Waals surface area (Å²) < 4.78 is 42.4. The molecule has 1 saturated heterocycles. The minimum absolute atomic E-state index is 0.0484. The summed E-state index contributed by atoms with van der Waals surface area (Å²) in [7, 11) is 0. The quantitative estimate of drug-likeness (QED) is 0.711. The lowest BCUT2D eigenvalue weighted by molar-refractivity contribution is -0.0328. The topological polar surface area (TPSA) is 79.4 Å². The average molecular weight is 427 g/mol. The zero-order valence-corrected chi connectivity index (χ0v) is 16.4. The van der Waals surface area contributed by atoms with Gasteiger partial charge in [-0.3, -0.25) is 0 Å². The first-order valence-corrected chi connectivity index (χ1v) is 9.68. The number of ether oxygens (including phenoxy) is 1. The molecule has 0 aliphatic carbocycles. The fourth-order valence-corrected chi connectivity index (χ4v) is 3.26. The van der Waals surface area contributed by atoms with Gasteiger partial charge in [-0.1, -0.05) is 0 Å². The number of carbonyl (C=O) groups excluding carboxylic acids is 1. The highest BCUT2D eigenvalue weighted by molar-refractivity contribution is 8.00. The molecule has 0 spiro atoms. The molecule has 1 aliphatic rings. The van der Waals surface area contributed by atoms with E-state index in [2.05, 4.69) is 25.5 Å². The molecule has 1 aromatic carbocycles. The first kappa shape index (κ1) is 21.2. The van der Waals surface area contributed by atoms with Crippen molar-refractivity contribution in [2.75, 3.05) is 36.5 Å². The third kappa shape index (κ3) is 6.79. The Morgan fingerprint density at radius 1 is 1.21 bits per heavy atom. The first-order chi connectivity index (χ1) is 13.8. The number of thioether (sulfide) groups is 1. The van der Waals surface area contributed by atoms with Crippen LogP contribution in [0.5, 0.6) is 0 Å². The molecule has 1 aromatic heterocycles. The van der Waals surface area contributed by atoms with Crippen molar-refractivity contribution in [3.63, 3.8) is 0 Å². The number of nitrogens with zero attached hydrogens (tertiary/aromatic N) is 3.